The van der Waals surface area contributed by atoms with Crippen molar-refractivity contribution in [1.82, 2.24) is 0 Å². The number of halogens is 1. The summed E-state index contributed by atoms with van der Waals surface area (Å²) in [7, 11) is 0. The number of aliphatic hydroxyl groups is 1. The van der Waals surface area contributed by atoms with Gasteiger partial charge in [-0.15, -0.1) is 0 Å². The molecule has 0 heterocycles. The minimum Gasteiger partial charge on any atom is -0.510 e. The van der Waals surface area contributed by atoms with Crippen LogP contribution in [-0.2, 0) is 16.0 Å². The van der Waals surface area contributed by atoms with Crippen molar-refractivity contribution in [2.75, 3.05) is 0 Å². The van der Waals surface area contributed by atoms with E-state index in [1.807, 2.05) is 49.4 Å². The fourth-order valence-corrected chi connectivity index (χ4v) is 4.13. The van der Waals surface area contributed by atoms with E-state index in [4.69, 9.17) is 11.6 Å². The van der Waals surface area contributed by atoms with Crippen molar-refractivity contribution in [3.05, 3.63) is 64.4 Å². The Labute approximate surface area is 171 Å². The lowest BCUT2D eigenvalue weighted by atomic mass is 9.62. The molecular weight excluding hydrogens is 372 g/mol. The second-order valence-corrected chi connectivity index (χ2v) is 8.80. The number of rotatable bonds is 3. The predicted molar refractivity (Wildman–Crippen MR) is 113 cm³/mol. The first kappa shape index (κ1) is 20.3. The van der Waals surface area contributed by atoms with Crippen LogP contribution in [-0.4, -0.2) is 16.7 Å². The predicted octanol–water partition coefficient (Wildman–Crippen LogP) is 6.04. The normalized spacial score (nSPS) is 18.5. The van der Waals surface area contributed by atoms with E-state index in [2.05, 4.69) is 0 Å². The van der Waals surface area contributed by atoms with E-state index >= 15 is 0 Å². The van der Waals surface area contributed by atoms with Crippen molar-refractivity contribution in [1.29, 1.82) is 0 Å². The smallest absolute Gasteiger partial charge is 0.179 e. The summed E-state index contributed by atoms with van der Waals surface area (Å²) in [4.78, 5) is 26.1. The van der Waals surface area contributed by atoms with Gasteiger partial charge in [-0.1, -0.05) is 42.8 Å². The van der Waals surface area contributed by atoms with Crippen LogP contribution in [0.1, 0.15) is 45.7 Å². The van der Waals surface area contributed by atoms with Crippen molar-refractivity contribution in [3.63, 3.8) is 0 Å². The third kappa shape index (κ3) is 3.08. The highest BCUT2D eigenvalue weighted by Gasteiger charge is 2.53. The van der Waals surface area contributed by atoms with Gasteiger partial charge in [0, 0.05) is 5.02 Å². The van der Waals surface area contributed by atoms with Crippen LogP contribution < -0.4 is 0 Å². The van der Waals surface area contributed by atoms with Crippen LogP contribution >= 0.6 is 11.6 Å². The maximum Gasteiger partial charge on any atom is 0.179 e. The van der Waals surface area contributed by atoms with Gasteiger partial charge in [0.15, 0.2) is 11.6 Å². The Bertz CT molecular complexity index is 1010. The fraction of sp³-hybridized carbons (Fsp3) is 0.333. The molecule has 4 heteroatoms. The Morgan fingerprint density at radius 2 is 1.57 bits per heavy atom. The molecule has 146 valence electrons. The first-order valence-electron chi connectivity index (χ1n) is 9.44. The molecule has 1 N–H and O–H groups in total. The molecule has 3 rings (SSSR count). The minimum atomic E-state index is -1.19. The molecule has 0 aliphatic heterocycles. The minimum absolute atomic E-state index is 0.153. The van der Waals surface area contributed by atoms with Gasteiger partial charge >= 0.3 is 0 Å². The quantitative estimate of drug-likeness (QED) is 0.643. The molecule has 0 aromatic heterocycles. The topological polar surface area (TPSA) is 54.4 Å². The molecule has 0 unspecified atom stereocenters. The molecule has 0 atom stereocenters. The number of aliphatic hydroxyl groups excluding tert-OH is 1. The summed E-state index contributed by atoms with van der Waals surface area (Å²) in [6, 6.07) is 13.4. The standard InChI is InChI=1S/C24H25ClO3/c1-6-14-10-11-16(15-8-7-9-17(25)12-15)13-18(14)19-20(26)23(2,3)22(28)24(4,5)21(19)27/h7-13,26H,6H2,1-5H3. The van der Waals surface area contributed by atoms with Gasteiger partial charge in [0.25, 0.3) is 0 Å². The van der Waals surface area contributed by atoms with Crippen LogP contribution in [0.2, 0.25) is 5.02 Å². The van der Waals surface area contributed by atoms with Crippen molar-refractivity contribution in [2.45, 2.75) is 41.0 Å². The highest BCUT2D eigenvalue weighted by molar-refractivity contribution is 6.34. The van der Waals surface area contributed by atoms with Crippen LogP contribution in [0.15, 0.2) is 48.2 Å². The highest BCUT2D eigenvalue weighted by atomic mass is 35.5. The maximum atomic E-state index is 13.3. The Kier molecular flexibility index (Phi) is 5.01. The monoisotopic (exact) mass is 396 g/mol. The molecule has 0 saturated heterocycles. The fourth-order valence-electron chi connectivity index (χ4n) is 3.94. The van der Waals surface area contributed by atoms with Crippen molar-refractivity contribution >= 4 is 28.7 Å². The van der Waals surface area contributed by atoms with Crippen LogP contribution in [0.5, 0.6) is 0 Å². The molecule has 0 saturated carbocycles. The number of carbonyl (C=O) groups excluding carboxylic acids is 2. The number of Topliss-reactive ketones (excluding diaryl/α,β-unsaturated/α-hetero) is 2. The lowest BCUT2D eigenvalue weighted by Crippen LogP contribution is -2.48. The molecule has 28 heavy (non-hydrogen) atoms. The summed E-state index contributed by atoms with van der Waals surface area (Å²) in [5, 5.41) is 11.6. The zero-order chi connectivity index (χ0) is 20.9. The summed E-state index contributed by atoms with van der Waals surface area (Å²) >= 11 is 6.14. The number of ketones is 2. The number of hydrogen-bond acceptors (Lipinski definition) is 3. The van der Waals surface area contributed by atoms with Gasteiger partial charge in [0.1, 0.15) is 5.76 Å². The molecule has 0 bridgehead atoms. The Balaban J connectivity index is 2.30. The van der Waals surface area contributed by atoms with Gasteiger partial charge in [0.05, 0.1) is 16.4 Å². The van der Waals surface area contributed by atoms with E-state index in [0.717, 1.165) is 16.7 Å². The molecule has 3 nitrogen and oxygen atoms in total. The first-order valence-corrected chi connectivity index (χ1v) is 9.82. The Hall–Kier alpha value is -2.39. The van der Waals surface area contributed by atoms with E-state index < -0.39 is 10.8 Å². The molecule has 0 radical (unpaired) electrons. The molecule has 0 spiro atoms. The lowest BCUT2D eigenvalue weighted by Gasteiger charge is -2.38. The second-order valence-electron chi connectivity index (χ2n) is 8.37. The molecular formula is C24H25ClO3. The lowest BCUT2D eigenvalue weighted by molar-refractivity contribution is -0.143. The van der Waals surface area contributed by atoms with Crippen LogP contribution in [0.25, 0.3) is 16.7 Å². The van der Waals surface area contributed by atoms with E-state index in [-0.39, 0.29) is 22.9 Å². The van der Waals surface area contributed by atoms with Crippen molar-refractivity contribution in [2.24, 2.45) is 10.8 Å². The molecule has 2 aromatic rings. The molecule has 2 aromatic carbocycles. The number of hydrogen-bond donors (Lipinski definition) is 1. The molecule has 1 aliphatic rings. The second kappa shape index (κ2) is 6.89. The van der Waals surface area contributed by atoms with Crippen molar-refractivity contribution < 1.29 is 14.7 Å². The zero-order valence-corrected chi connectivity index (χ0v) is 17.6. The van der Waals surface area contributed by atoms with Crippen LogP contribution in [0.4, 0.5) is 0 Å². The third-order valence-electron chi connectivity index (χ3n) is 5.68. The summed E-state index contributed by atoms with van der Waals surface area (Å²) in [5.74, 6) is -0.762. The van der Waals surface area contributed by atoms with E-state index in [9.17, 15) is 14.7 Å². The van der Waals surface area contributed by atoms with Gasteiger partial charge < -0.3 is 5.11 Å². The summed E-state index contributed by atoms with van der Waals surface area (Å²) in [6.45, 7) is 8.62. The van der Waals surface area contributed by atoms with Crippen molar-refractivity contribution in [3.8, 4) is 11.1 Å². The SMILES string of the molecule is CCc1ccc(-c2cccc(Cl)c2)cc1C1=C(O)C(C)(C)C(=O)C(C)(C)C1=O. The van der Waals surface area contributed by atoms with Crippen LogP contribution in [0, 0.1) is 10.8 Å². The molecule has 1 aliphatic carbocycles. The van der Waals surface area contributed by atoms with Gasteiger partial charge in [-0.3, -0.25) is 9.59 Å². The average molecular weight is 397 g/mol. The van der Waals surface area contributed by atoms with Crippen LogP contribution in [0.3, 0.4) is 0 Å². The number of carbonyl (C=O) groups is 2. The molecule has 0 fully saturated rings. The largest absolute Gasteiger partial charge is 0.510 e. The summed E-state index contributed by atoms with van der Waals surface area (Å²) in [6.07, 6.45) is 0.698. The highest BCUT2D eigenvalue weighted by Crippen LogP contribution is 2.47. The maximum absolute atomic E-state index is 13.3. The van der Waals surface area contributed by atoms with Gasteiger partial charge in [-0.05, 0) is 74.6 Å². The number of allylic oxidation sites excluding steroid dienone is 2. The Morgan fingerprint density at radius 1 is 0.929 bits per heavy atom. The average Bonchev–Trinajstić information content (AvgIpc) is 2.66. The number of benzene rings is 2. The molecule has 0 amide bonds. The summed E-state index contributed by atoms with van der Waals surface area (Å²) < 4.78 is 0. The zero-order valence-electron chi connectivity index (χ0n) is 16.9. The van der Waals surface area contributed by atoms with Gasteiger partial charge in [0.2, 0.25) is 0 Å². The first-order chi connectivity index (χ1) is 13.0. The summed E-state index contributed by atoms with van der Waals surface area (Å²) in [5.41, 5.74) is 1.38. The van der Waals surface area contributed by atoms with Gasteiger partial charge in [-0.25, -0.2) is 0 Å². The van der Waals surface area contributed by atoms with E-state index in [1.165, 1.54) is 0 Å². The van der Waals surface area contributed by atoms with E-state index in [1.54, 1.807) is 27.7 Å². The van der Waals surface area contributed by atoms with Gasteiger partial charge in [-0.2, -0.15) is 0 Å². The third-order valence-corrected chi connectivity index (χ3v) is 5.91. The number of aryl methyl sites for hydroxylation is 1. The Morgan fingerprint density at radius 3 is 2.18 bits per heavy atom. The van der Waals surface area contributed by atoms with E-state index in [0.29, 0.717) is 17.0 Å².